The highest BCUT2D eigenvalue weighted by molar-refractivity contribution is 5.90. The molecule has 0 heteroatoms. The molecule has 0 saturated heterocycles. The molecule has 4 rings (SSSR count). The number of hydrogen-bond donors (Lipinski definition) is 0. The molecule has 0 bridgehead atoms. The van der Waals surface area contributed by atoms with Gasteiger partial charge in [0.05, 0.1) is 0 Å². The van der Waals surface area contributed by atoms with Crippen molar-refractivity contribution < 1.29 is 0 Å². The molecule has 2 aliphatic carbocycles. The molecule has 0 aliphatic heterocycles. The fourth-order valence-electron chi connectivity index (χ4n) is 2.99. The van der Waals surface area contributed by atoms with Gasteiger partial charge < -0.3 is 0 Å². The van der Waals surface area contributed by atoms with Gasteiger partial charge in [0.15, 0.2) is 0 Å². The molecule has 0 aromatic heterocycles. The van der Waals surface area contributed by atoms with Crippen LogP contribution in [-0.4, -0.2) is 0 Å². The zero-order valence-corrected chi connectivity index (χ0v) is 10.8. The lowest BCUT2D eigenvalue weighted by Gasteiger charge is -2.46. The fourth-order valence-corrected chi connectivity index (χ4v) is 2.99. The van der Waals surface area contributed by atoms with Gasteiger partial charge in [-0.2, -0.15) is 0 Å². The summed E-state index contributed by atoms with van der Waals surface area (Å²) in [5.41, 5.74) is 1.20. The quantitative estimate of drug-likeness (QED) is 0.631. The summed E-state index contributed by atoms with van der Waals surface area (Å²) in [6, 6.07) is 14.6. The lowest BCUT2D eigenvalue weighted by molar-refractivity contribution is 0.0548. The SMILES string of the molecule is C1CC2CCC12.C=Cc1cccc2ccccc12. The van der Waals surface area contributed by atoms with Crippen molar-refractivity contribution in [3.63, 3.8) is 0 Å². The highest BCUT2D eigenvalue weighted by Crippen LogP contribution is 2.49. The van der Waals surface area contributed by atoms with E-state index in [4.69, 9.17) is 0 Å². The number of benzene rings is 2. The van der Waals surface area contributed by atoms with Crippen molar-refractivity contribution in [2.45, 2.75) is 25.7 Å². The highest BCUT2D eigenvalue weighted by atomic mass is 14.4. The van der Waals surface area contributed by atoms with E-state index < -0.39 is 0 Å². The number of hydrogen-bond acceptors (Lipinski definition) is 0. The molecule has 0 spiro atoms. The minimum atomic E-state index is 1.20. The summed E-state index contributed by atoms with van der Waals surface area (Å²) in [6.07, 6.45) is 8.13. The van der Waals surface area contributed by atoms with Gasteiger partial charge in [-0.3, -0.25) is 0 Å². The van der Waals surface area contributed by atoms with E-state index in [1.165, 1.54) is 28.2 Å². The summed E-state index contributed by atoms with van der Waals surface area (Å²) >= 11 is 0. The van der Waals surface area contributed by atoms with Gasteiger partial charge in [0, 0.05) is 0 Å². The molecule has 0 atom stereocenters. The summed E-state index contributed by atoms with van der Waals surface area (Å²) < 4.78 is 0. The summed E-state index contributed by atoms with van der Waals surface area (Å²) in [6.45, 7) is 3.78. The zero-order valence-electron chi connectivity index (χ0n) is 10.8. The molecular formula is C18H20. The van der Waals surface area contributed by atoms with Crippen LogP contribution in [0.3, 0.4) is 0 Å². The molecular weight excluding hydrogens is 216 g/mol. The predicted octanol–water partition coefficient (Wildman–Crippen LogP) is 5.29. The lowest BCUT2D eigenvalue weighted by atomic mass is 9.60. The van der Waals surface area contributed by atoms with Crippen LogP contribution >= 0.6 is 0 Å². The molecule has 0 unspecified atom stereocenters. The second kappa shape index (κ2) is 4.97. The molecule has 0 heterocycles. The van der Waals surface area contributed by atoms with Crippen LogP contribution in [0.4, 0.5) is 0 Å². The average molecular weight is 236 g/mol. The molecule has 2 aromatic rings. The minimum absolute atomic E-state index is 1.20. The first kappa shape index (κ1) is 11.5. The maximum absolute atomic E-state index is 3.78. The molecule has 2 aliphatic rings. The van der Waals surface area contributed by atoms with Crippen molar-refractivity contribution in [3.05, 3.63) is 54.6 Å². The first-order valence-electron chi connectivity index (χ1n) is 6.98. The van der Waals surface area contributed by atoms with E-state index >= 15 is 0 Å². The minimum Gasteiger partial charge on any atom is -0.0984 e. The smallest absolute Gasteiger partial charge is 0.0112 e. The molecule has 92 valence electrons. The van der Waals surface area contributed by atoms with Crippen molar-refractivity contribution in [1.82, 2.24) is 0 Å². The van der Waals surface area contributed by atoms with Crippen LogP contribution in [0.5, 0.6) is 0 Å². The summed E-state index contributed by atoms with van der Waals surface area (Å²) in [5, 5.41) is 2.55. The van der Waals surface area contributed by atoms with E-state index in [1.54, 1.807) is 25.7 Å². The summed E-state index contributed by atoms with van der Waals surface area (Å²) in [5.74, 6) is 2.43. The Morgan fingerprint density at radius 3 is 2.00 bits per heavy atom. The number of fused-ring (bicyclic) bond motifs is 2. The fraction of sp³-hybridized carbons (Fsp3) is 0.333. The Morgan fingerprint density at radius 1 is 0.833 bits per heavy atom. The zero-order chi connectivity index (χ0) is 12.4. The average Bonchev–Trinajstić information content (AvgIpc) is 2.42. The standard InChI is InChI=1S/C12H10.C6H10/c1-2-10-7-5-8-11-6-3-4-9-12(10)11;1-2-6-4-3-5(1)6/h2-9H,1H2;5-6H,1-4H2. The van der Waals surface area contributed by atoms with Crippen molar-refractivity contribution in [2.24, 2.45) is 11.8 Å². The van der Waals surface area contributed by atoms with Crippen LogP contribution in [0.1, 0.15) is 31.2 Å². The molecule has 18 heavy (non-hydrogen) atoms. The Labute approximate surface area is 109 Å². The van der Waals surface area contributed by atoms with Crippen LogP contribution in [0.25, 0.3) is 16.8 Å². The van der Waals surface area contributed by atoms with E-state index in [2.05, 4.69) is 49.0 Å². The first-order chi connectivity index (χ1) is 8.88. The van der Waals surface area contributed by atoms with Gasteiger partial charge in [0.2, 0.25) is 0 Å². The normalized spacial score (nSPS) is 24.0. The second-order valence-corrected chi connectivity index (χ2v) is 5.45. The van der Waals surface area contributed by atoms with Crippen molar-refractivity contribution in [2.75, 3.05) is 0 Å². The van der Waals surface area contributed by atoms with Gasteiger partial charge in [0.25, 0.3) is 0 Å². The Balaban J connectivity index is 0.000000137. The van der Waals surface area contributed by atoms with Gasteiger partial charge in [0.1, 0.15) is 0 Å². The van der Waals surface area contributed by atoms with Crippen LogP contribution in [0, 0.1) is 11.8 Å². The van der Waals surface area contributed by atoms with E-state index in [-0.39, 0.29) is 0 Å². The van der Waals surface area contributed by atoms with Crippen LogP contribution in [0.2, 0.25) is 0 Å². The predicted molar refractivity (Wildman–Crippen MR) is 79.5 cm³/mol. The molecule has 0 amide bonds. The maximum atomic E-state index is 3.78. The highest BCUT2D eigenvalue weighted by Gasteiger charge is 2.37. The Kier molecular flexibility index (Phi) is 3.19. The molecule has 2 saturated carbocycles. The van der Waals surface area contributed by atoms with Crippen LogP contribution in [0.15, 0.2) is 49.0 Å². The van der Waals surface area contributed by atoms with Crippen LogP contribution < -0.4 is 0 Å². The Hall–Kier alpha value is -1.56. The molecule has 0 nitrogen and oxygen atoms in total. The van der Waals surface area contributed by atoms with Crippen LogP contribution in [-0.2, 0) is 0 Å². The second-order valence-electron chi connectivity index (χ2n) is 5.45. The number of rotatable bonds is 1. The molecule has 2 aromatic carbocycles. The maximum Gasteiger partial charge on any atom is -0.0112 e. The van der Waals surface area contributed by atoms with Crippen molar-refractivity contribution in [1.29, 1.82) is 0 Å². The monoisotopic (exact) mass is 236 g/mol. The van der Waals surface area contributed by atoms with Gasteiger partial charge in [-0.25, -0.2) is 0 Å². The van der Waals surface area contributed by atoms with E-state index in [9.17, 15) is 0 Å². The van der Waals surface area contributed by atoms with E-state index in [0.717, 1.165) is 0 Å². The van der Waals surface area contributed by atoms with Gasteiger partial charge >= 0.3 is 0 Å². The molecule has 0 N–H and O–H groups in total. The Morgan fingerprint density at radius 2 is 1.44 bits per heavy atom. The molecule has 0 radical (unpaired) electrons. The molecule has 2 fully saturated rings. The summed E-state index contributed by atoms with van der Waals surface area (Å²) in [7, 11) is 0. The summed E-state index contributed by atoms with van der Waals surface area (Å²) in [4.78, 5) is 0. The van der Waals surface area contributed by atoms with E-state index in [0.29, 0.717) is 0 Å². The largest absolute Gasteiger partial charge is 0.0984 e. The first-order valence-corrected chi connectivity index (χ1v) is 6.98. The topological polar surface area (TPSA) is 0 Å². The van der Waals surface area contributed by atoms with Crippen molar-refractivity contribution >= 4 is 16.8 Å². The third-order valence-corrected chi connectivity index (χ3v) is 4.53. The lowest BCUT2D eigenvalue weighted by Crippen LogP contribution is -2.34. The van der Waals surface area contributed by atoms with E-state index in [1.807, 2.05) is 6.08 Å². The Bertz CT molecular complexity index is 529. The van der Waals surface area contributed by atoms with Gasteiger partial charge in [-0.1, -0.05) is 55.1 Å². The van der Waals surface area contributed by atoms with Gasteiger partial charge in [-0.15, -0.1) is 0 Å². The third kappa shape index (κ3) is 2.08. The van der Waals surface area contributed by atoms with Gasteiger partial charge in [-0.05, 0) is 53.9 Å². The van der Waals surface area contributed by atoms with Crippen molar-refractivity contribution in [3.8, 4) is 0 Å². The third-order valence-electron chi connectivity index (χ3n) is 4.53.